The molecule has 0 aromatic carbocycles. The summed E-state index contributed by atoms with van der Waals surface area (Å²) in [6.45, 7) is 1.35. The van der Waals surface area contributed by atoms with Gasteiger partial charge in [-0.3, -0.25) is 4.79 Å². The number of amides is 1. The van der Waals surface area contributed by atoms with Crippen LogP contribution in [0.15, 0.2) is 29.8 Å². The number of carbonyl (C=O) groups is 2. The first kappa shape index (κ1) is 23.1. The predicted molar refractivity (Wildman–Crippen MR) is 123 cm³/mol. The molecule has 0 bridgehead atoms. The molecule has 34 heavy (non-hydrogen) atoms. The molecule has 3 aromatic rings. The number of carbonyl (C=O) groups excluding carboxylic acids is 2. The molecule has 0 atom stereocenters. The highest BCUT2D eigenvalue weighted by molar-refractivity contribution is 7.10. The summed E-state index contributed by atoms with van der Waals surface area (Å²) in [4.78, 5) is 29.9. The first-order valence-corrected chi connectivity index (χ1v) is 12.5. The number of thiophene rings is 1. The quantitative estimate of drug-likeness (QED) is 0.448. The Balaban J connectivity index is 1.38. The molecule has 1 saturated carbocycles. The average Bonchev–Trinajstić information content (AvgIpc) is 3.43. The third-order valence-corrected chi connectivity index (χ3v) is 8.21. The molecule has 0 unspecified atom stereocenters. The van der Waals surface area contributed by atoms with E-state index in [1.54, 1.807) is 11.6 Å². The molecule has 1 fully saturated rings. The van der Waals surface area contributed by atoms with Crippen molar-refractivity contribution in [2.45, 2.75) is 57.8 Å². The largest absolute Gasteiger partial charge is 0.425 e. The molecule has 5 nitrogen and oxygen atoms in total. The fraction of sp³-hybridized carbons (Fsp3) is 0.480. The monoisotopic (exact) mass is 489 g/mol. The van der Waals surface area contributed by atoms with Crippen molar-refractivity contribution in [1.82, 2.24) is 14.5 Å². The van der Waals surface area contributed by atoms with Gasteiger partial charge < -0.3 is 14.3 Å². The van der Waals surface area contributed by atoms with Crippen LogP contribution in [-0.4, -0.2) is 33.2 Å². The molecule has 0 N–H and O–H groups in total. The van der Waals surface area contributed by atoms with Gasteiger partial charge in [-0.15, -0.1) is 11.3 Å². The fourth-order valence-electron chi connectivity index (χ4n) is 5.34. The highest BCUT2D eigenvalue weighted by Crippen LogP contribution is 2.36. The summed E-state index contributed by atoms with van der Waals surface area (Å²) >= 11 is 0.703. The van der Waals surface area contributed by atoms with Crippen molar-refractivity contribution < 1.29 is 22.8 Å². The second-order valence-electron chi connectivity index (χ2n) is 9.39. The Bertz CT molecular complexity index is 1210. The highest BCUT2D eigenvalue weighted by atomic mass is 32.1. The number of alkyl halides is 3. The Morgan fingerprint density at radius 3 is 2.74 bits per heavy atom. The molecular weight excluding hydrogens is 463 g/mol. The van der Waals surface area contributed by atoms with Crippen molar-refractivity contribution in [3.8, 4) is 0 Å². The minimum atomic E-state index is -4.35. The molecule has 1 aliphatic carbocycles. The zero-order chi connectivity index (χ0) is 23.9. The minimum absolute atomic E-state index is 0.111. The smallest absolute Gasteiger partial charge is 0.337 e. The van der Waals surface area contributed by atoms with Crippen LogP contribution in [0.4, 0.5) is 13.2 Å². The van der Waals surface area contributed by atoms with Gasteiger partial charge in [0.1, 0.15) is 16.8 Å². The molecule has 1 aliphatic heterocycles. The molecular formula is C25H26F3N3O2S. The summed E-state index contributed by atoms with van der Waals surface area (Å²) in [7, 11) is 0. The Morgan fingerprint density at radius 1 is 1.24 bits per heavy atom. The van der Waals surface area contributed by atoms with E-state index in [9.17, 15) is 22.8 Å². The highest BCUT2D eigenvalue weighted by Gasteiger charge is 2.33. The lowest BCUT2D eigenvalue weighted by Gasteiger charge is -2.31. The SMILES string of the molecule is O=C[C@H]1CC[C@H](CC(=O)N2CCc3c(n(Cc4csc(C(F)(F)F)c4)c4ncccc34)C2)CC1. The molecule has 1 amide bonds. The second-order valence-corrected chi connectivity index (χ2v) is 10.3. The first-order chi connectivity index (χ1) is 16.3. The zero-order valence-corrected chi connectivity index (χ0v) is 19.5. The van der Waals surface area contributed by atoms with Crippen LogP contribution < -0.4 is 0 Å². The molecule has 2 aliphatic rings. The van der Waals surface area contributed by atoms with Crippen LogP contribution in [-0.2, 0) is 35.3 Å². The molecule has 3 aromatic heterocycles. The van der Waals surface area contributed by atoms with Gasteiger partial charge in [0.05, 0.1) is 13.1 Å². The maximum Gasteiger partial charge on any atom is 0.425 e. The molecule has 180 valence electrons. The van der Waals surface area contributed by atoms with E-state index in [0.717, 1.165) is 54.3 Å². The normalized spacial score (nSPS) is 21.0. The van der Waals surface area contributed by atoms with Crippen molar-refractivity contribution in [2.75, 3.05) is 6.54 Å². The topological polar surface area (TPSA) is 55.2 Å². The number of aldehydes is 1. The Kier molecular flexibility index (Phi) is 6.22. The minimum Gasteiger partial charge on any atom is -0.337 e. The summed E-state index contributed by atoms with van der Waals surface area (Å²) in [6.07, 6.45) is 3.06. The Hall–Kier alpha value is -2.68. The Labute approximate surface area is 199 Å². The lowest BCUT2D eigenvalue weighted by atomic mass is 9.81. The number of hydrogen-bond acceptors (Lipinski definition) is 4. The van der Waals surface area contributed by atoms with Crippen molar-refractivity contribution in [2.24, 2.45) is 11.8 Å². The van der Waals surface area contributed by atoms with Crippen molar-refractivity contribution in [3.63, 3.8) is 0 Å². The summed E-state index contributed by atoms with van der Waals surface area (Å²) in [5, 5.41) is 2.55. The summed E-state index contributed by atoms with van der Waals surface area (Å²) in [5.74, 6) is 0.547. The lowest BCUT2D eigenvalue weighted by molar-refractivity contribution is -0.135. The third kappa shape index (κ3) is 4.50. The van der Waals surface area contributed by atoms with E-state index >= 15 is 0 Å². The van der Waals surface area contributed by atoms with Gasteiger partial charge in [-0.2, -0.15) is 13.2 Å². The fourth-order valence-corrected chi connectivity index (χ4v) is 6.11. The van der Waals surface area contributed by atoms with E-state index in [1.807, 2.05) is 21.6 Å². The summed E-state index contributed by atoms with van der Waals surface area (Å²) < 4.78 is 41.3. The van der Waals surface area contributed by atoms with Gasteiger partial charge in [-0.1, -0.05) is 0 Å². The van der Waals surface area contributed by atoms with E-state index in [2.05, 4.69) is 4.98 Å². The predicted octanol–water partition coefficient (Wildman–Crippen LogP) is 5.45. The zero-order valence-electron chi connectivity index (χ0n) is 18.7. The van der Waals surface area contributed by atoms with Crippen LogP contribution in [0.1, 0.15) is 53.8 Å². The molecule has 0 radical (unpaired) electrons. The van der Waals surface area contributed by atoms with Crippen LogP contribution in [0.25, 0.3) is 11.0 Å². The van der Waals surface area contributed by atoms with E-state index in [1.165, 1.54) is 6.07 Å². The summed E-state index contributed by atoms with van der Waals surface area (Å²) in [6, 6.07) is 5.06. The number of aromatic nitrogens is 2. The number of rotatable bonds is 5. The number of pyridine rings is 1. The number of halogens is 3. The van der Waals surface area contributed by atoms with Crippen molar-refractivity contribution >= 4 is 34.6 Å². The van der Waals surface area contributed by atoms with E-state index < -0.39 is 11.1 Å². The Morgan fingerprint density at radius 2 is 2.03 bits per heavy atom. The van der Waals surface area contributed by atoms with Crippen LogP contribution >= 0.6 is 11.3 Å². The maximum absolute atomic E-state index is 13.1. The van der Waals surface area contributed by atoms with Crippen molar-refractivity contribution in [3.05, 3.63) is 51.5 Å². The van der Waals surface area contributed by atoms with Gasteiger partial charge in [-0.05, 0) is 72.7 Å². The van der Waals surface area contributed by atoms with Crippen LogP contribution in [0, 0.1) is 11.8 Å². The maximum atomic E-state index is 13.1. The molecule has 0 saturated heterocycles. The molecule has 0 spiro atoms. The van der Waals surface area contributed by atoms with E-state index in [4.69, 9.17) is 0 Å². The molecule has 5 rings (SSSR count). The number of fused-ring (bicyclic) bond motifs is 3. The second kappa shape index (κ2) is 9.17. The first-order valence-electron chi connectivity index (χ1n) is 11.7. The lowest BCUT2D eigenvalue weighted by Crippen LogP contribution is -2.38. The van der Waals surface area contributed by atoms with E-state index in [-0.39, 0.29) is 18.4 Å². The van der Waals surface area contributed by atoms with Gasteiger partial charge in [0.15, 0.2) is 0 Å². The van der Waals surface area contributed by atoms with E-state index in [0.29, 0.717) is 48.7 Å². The average molecular weight is 490 g/mol. The van der Waals surface area contributed by atoms with Gasteiger partial charge in [0, 0.05) is 36.2 Å². The third-order valence-electron chi connectivity index (χ3n) is 7.19. The number of hydrogen-bond donors (Lipinski definition) is 0. The van der Waals surface area contributed by atoms with Crippen LogP contribution in [0.2, 0.25) is 0 Å². The van der Waals surface area contributed by atoms with Crippen LogP contribution in [0.5, 0.6) is 0 Å². The van der Waals surface area contributed by atoms with Crippen molar-refractivity contribution in [1.29, 1.82) is 0 Å². The standard InChI is InChI=1S/C25H26F3N3O2S/c26-25(27,28)22-10-18(15-34-22)12-31-21-13-30(9-7-19(21)20-2-1-8-29-24(20)31)23(33)11-16-3-5-17(14-32)6-4-16/h1-2,8,10,14-17H,3-7,9,11-13H2/t16-,17-. The number of nitrogens with zero attached hydrogens (tertiary/aromatic N) is 3. The van der Waals surface area contributed by atoms with Gasteiger partial charge in [0.25, 0.3) is 0 Å². The molecule has 4 heterocycles. The van der Waals surface area contributed by atoms with Gasteiger partial charge in [0.2, 0.25) is 5.91 Å². The molecule has 9 heteroatoms. The summed E-state index contributed by atoms with van der Waals surface area (Å²) in [5.41, 5.74) is 3.41. The van der Waals surface area contributed by atoms with Gasteiger partial charge >= 0.3 is 6.18 Å². The van der Waals surface area contributed by atoms with Crippen LogP contribution in [0.3, 0.4) is 0 Å². The van der Waals surface area contributed by atoms with Gasteiger partial charge in [-0.25, -0.2) is 4.98 Å².